The first-order valence-electron chi connectivity index (χ1n) is 5.49. The summed E-state index contributed by atoms with van der Waals surface area (Å²) < 4.78 is 5.24. The first kappa shape index (κ1) is 14.5. The number of ether oxygens (including phenoxy) is 1. The lowest BCUT2D eigenvalue weighted by atomic mass is 10.2. The average Bonchev–Trinajstić information content (AvgIpc) is 2.31. The molecule has 1 amide bonds. The third kappa shape index (κ3) is 4.77. The van der Waals surface area contributed by atoms with E-state index in [9.17, 15) is 9.90 Å². The predicted octanol–water partition coefficient (Wildman–Crippen LogP) is 2.37. The number of hydrogen-bond donors (Lipinski definition) is 2. The van der Waals surface area contributed by atoms with E-state index in [1.807, 2.05) is 6.92 Å². The zero-order valence-electron chi connectivity index (χ0n) is 10.2. The highest BCUT2D eigenvalue weighted by Gasteiger charge is 2.10. The van der Waals surface area contributed by atoms with Crippen LogP contribution in [0.2, 0.25) is 5.02 Å². The maximum atomic E-state index is 11.7. The van der Waals surface area contributed by atoms with E-state index in [0.29, 0.717) is 24.8 Å². The summed E-state index contributed by atoms with van der Waals surface area (Å²) in [4.78, 5) is 11.7. The smallest absolute Gasteiger partial charge is 0.253 e. The Balaban J connectivity index is 2.41. The summed E-state index contributed by atoms with van der Waals surface area (Å²) in [6.45, 7) is 6.81. The lowest BCUT2D eigenvalue weighted by Crippen LogP contribution is -2.27. The average molecular weight is 270 g/mol. The van der Waals surface area contributed by atoms with Crippen molar-refractivity contribution in [3.63, 3.8) is 0 Å². The maximum Gasteiger partial charge on any atom is 0.253 e. The number of carbonyl (C=O) groups excluding carboxylic acids is 1. The fourth-order valence-corrected chi connectivity index (χ4v) is 1.47. The van der Waals surface area contributed by atoms with Crippen molar-refractivity contribution < 1.29 is 14.6 Å². The Labute approximate surface area is 111 Å². The molecule has 0 unspecified atom stereocenters. The Morgan fingerprint density at radius 2 is 2.28 bits per heavy atom. The number of benzene rings is 1. The fraction of sp³-hybridized carbons (Fsp3) is 0.308. The van der Waals surface area contributed by atoms with Gasteiger partial charge in [0.2, 0.25) is 0 Å². The van der Waals surface area contributed by atoms with Gasteiger partial charge in [-0.2, -0.15) is 0 Å². The van der Waals surface area contributed by atoms with Crippen molar-refractivity contribution in [1.29, 1.82) is 0 Å². The molecule has 0 aliphatic carbocycles. The SMILES string of the molecule is C=C(C)COCCNC(=O)c1cc(O)ccc1Cl. The van der Waals surface area contributed by atoms with Gasteiger partial charge >= 0.3 is 0 Å². The molecule has 5 heteroatoms. The summed E-state index contributed by atoms with van der Waals surface area (Å²) in [6, 6.07) is 4.23. The molecule has 1 aromatic rings. The lowest BCUT2D eigenvalue weighted by Gasteiger charge is -2.07. The summed E-state index contributed by atoms with van der Waals surface area (Å²) >= 11 is 5.86. The Morgan fingerprint density at radius 1 is 1.56 bits per heavy atom. The lowest BCUT2D eigenvalue weighted by molar-refractivity contribution is 0.0926. The standard InChI is InChI=1S/C13H16ClNO3/c1-9(2)8-18-6-5-15-13(17)11-7-10(16)3-4-12(11)14/h3-4,7,16H,1,5-6,8H2,2H3,(H,15,17). The van der Waals surface area contributed by atoms with Gasteiger partial charge < -0.3 is 15.2 Å². The van der Waals surface area contributed by atoms with E-state index in [4.69, 9.17) is 16.3 Å². The second kappa shape index (κ2) is 7.03. The molecule has 0 radical (unpaired) electrons. The first-order chi connectivity index (χ1) is 8.50. The van der Waals surface area contributed by atoms with Crippen molar-refractivity contribution >= 4 is 17.5 Å². The van der Waals surface area contributed by atoms with E-state index in [0.717, 1.165) is 5.57 Å². The molecule has 98 valence electrons. The second-order valence-electron chi connectivity index (χ2n) is 3.93. The minimum absolute atomic E-state index is 0.00285. The highest BCUT2D eigenvalue weighted by atomic mass is 35.5. The summed E-state index contributed by atoms with van der Waals surface area (Å²) in [6.07, 6.45) is 0. The van der Waals surface area contributed by atoms with Gasteiger partial charge in [-0.05, 0) is 25.1 Å². The molecule has 0 spiro atoms. The quantitative estimate of drug-likeness (QED) is 0.616. The number of hydrogen-bond acceptors (Lipinski definition) is 3. The molecule has 0 saturated heterocycles. The van der Waals surface area contributed by atoms with E-state index in [2.05, 4.69) is 11.9 Å². The first-order valence-corrected chi connectivity index (χ1v) is 5.87. The van der Waals surface area contributed by atoms with Crippen LogP contribution in [0.15, 0.2) is 30.4 Å². The van der Waals surface area contributed by atoms with Crippen molar-refractivity contribution in [2.45, 2.75) is 6.92 Å². The van der Waals surface area contributed by atoms with Crippen LogP contribution >= 0.6 is 11.6 Å². The van der Waals surface area contributed by atoms with E-state index in [1.165, 1.54) is 18.2 Å². The monoisotopic (exact) mass is 269 g/mol. The van der Waals surface area contributed by atoms with Crippen LogP contribution in [-0.4, -0.2) is 30.8 Å². The minimum Gasteiger partial charge on any atom is -0.508 e. The van der Waals surface area contributed by atoms with Crippen molar-refractivity contribution in [2.75, 3.05) is 19.8 Å². The van der Waals surface area contributed by atoms with Gasteiger partial charge in [0, 0.05) is 6.54 Å². The van der Waals surface area contributed by atoms with Crippen molar-refractivity contribution in [3.05, 3.63) is 40.9 Å². The molecule has 2 N–H and O–H groups in total. The van der Waals surface area contributed by atoms with E-state index < -0.39 is 0 Å². The van der Waals surface area contributed by atoms with E-state index in [-0.39, 0.29) is 17.2 Å². The molecular formula is C13H16ClNO3. The van der Waals surface area contributed by atoms with Crippen LogP contribution in [0.4, 0.5) is 0 Å². The molecule has 18 heavy (non-hydrogen) atoms. The van der Waals surface area contributed by atoms with Crippen molar-refractivity contribution in [1.82, 2.24) is 5.32 Å². The molecule has 0 saturated carbocycles. The van der Waals surface area contributed by atoms with Gasteiger partial charge in [-0.15, -0.1) is 0 Å². The second-order valence-corrected chi connectivity index (χ2v) is 4.34. The topological polar surface area (TPSA) is 58.6 Å². The van der Waals surface area contributed by atoms with Crippen LogP contribution in [0.25, 0.3) is 0 Å². The Bertz CT molecular complexity index is 446. The van der Waals surface area contributed by atoms with E-state index in [1.54, 1.807) is 0 Å². The van der Waals surface area contributed by atoms with Crippen LogP contribution < -0.4 is 5.32 Å². The van der Waals surface area contributed by atoms with Crippen LogP contribution in [0, 0.1) is 0 Å². The summed E-state index contributed by atoms with van der Waals surface area (Å²) in [5.41, 5.74) is 1.17. The van der Waals surface area contributed by atoms with Gasteiger partial charge in [0.05, 0.1) is 23.8 Å². The maximum absolute atomic E-state index is 11.7. The Morgan fingerprint density at radius 3 is 2.94 bits per heavy atom. The van der Waals surface area contributed by atoms with Crippen molar-refractivity contribution in [2.24, 2.45) is 0 Å². The molecule has 4 nitrogen and oxygen atoms in total. The van der Waals surface area contributed by atoms with Gasteiger partial charge in [0.1, 0.15) is 5.75 Å². The minimum atomic E-state index is -0.338. The summed E-state index contributed by atoms with van der Waals surface area (Å²) in [5, 5.41) is 12.2. The molecule has 0 heterocycles. The third-order valence-corrected chi connectivity index (χ3v) is 2.40. The Kier molecular flexibility index (Phi) is 5.68. The molecule has 0 bridgehead atoms. The highest BCUT2D eigenvalue weighted by molar-refractivity contribution is 6.33. The highest BCUT2D eigenvalue weighted by Crippen LogP contribution is 2.20. The zero-order chi connectivity index (χ0) is 13.5. The molecule has 0 atom stereocenters. The largest absolute Gasteiger partial charge is 0.508 e. The number of phenolic OH excluding ortho intramolecular Hbond substituents is 1. The van der Waals surface area contributed by atoms with Crippen LogP contribution in [-0.2, 0) is 4.74 Å². The number of phenols is 1. The van der Waals surface area contributed by atoms with Crippen LogP contribution in [0.3, 0.4) is 0 Å². The molecular weight excluding hydrogens is 254 g/mol. The molecule has 1 aromatic carbocycles. The fourth-order valence-electron chi connectivity index (χ4n) is 1.27. The summed E-state index contributed by atoms with van der Waals surface area (Å²) in [5.74, 6) is -0.335. The van der Waals surface area contributed by atoms with Crippen LogP contribution in [0.5, 0.6) is 5.75 Å². The number of nitrogens with one attached hydrogen (secondary N) is 1. The molecule has 1 rings (SSSR count). The van der Waals surface area contributed by atoms with Gasteiger partial charge in [-0.3, -0.25) is 4.79 Å². The van der Waals surface area contributed by atoms with Crippen LogP contribution in [0.1, 0.15) is 17.3 Å². The predicted molar refractivity (Wildman–Crippen MR) is 71.1 cm³/mol. The van der Waals surface area contributed by atoms with Gasteiger partial charge in [0.25, 0.3) is 5.91 Å². The van der Waals surface area contributed by atoms with E-state index >= 15 is 0 Å². The molecule has 0 fully saturated rings. The zero-order valence-corrected chi connectivity index (χ0v) is 11.0. The third-order valence-electron chi connectivity index (χ3n) is 2.07. The normalized spacial score (nSPS) is 10.1. The molecule has 0 aromatic heterocycles. The number of amides is 1. The van der Waals surface area contributed by atoms with Crippen molar-refractivity contribution in [3.8, 4) is 5.75 Å². The number of carbonyl (C=O) groups is 1. The van der Waals surface area contributed by atoms with Gasteiger partial charge in [-0.25, -0.2) is 0 Å². The number of rotatable bonds is 6. The molecule has 0 aliphatic rings. The van der Waals surface area contributed by atoms with Gasteiger partial charge in [0.15, 0.2) is 0 Å². The number of aromatic hydroxyl groups is 1. The summed E-state index contributed by atoms with van der Waals surface area (Å²) in [7, 11) is 0. The Hall–Kier alpha value is -1.52. The number of halogens is 1. The molecule has 0 aliphatic heterocycles. The van der Waals surface area contributed by atoms with Gasteiger partial charge in [-0.1, -0.05) is 23.8 Å².